The van der Waals surface area contributed by atoms with Gasteiger partial charge in [-0.25, -0.2) is 0 Å². The van der Waals surface area contributed by atoms with Gasteiger partial charge in [-0.1, -0.05) is 0 Å². The van der Waals surface area contributed by atoms with Gasteiger partial charge >= 0.3 is 128 Å². The molecule has 3 aromatic rings. The van der Waals surface area contributed by atoms with Gasteiger partial charge in [0.15, 0.2) is 0 Å². The second-order valence-electron chi connectivity index (χ2n) is 4.20. The first-order valence-electron chi connectivity index (χ1n) is 5.87. The van der Waals surface area contributed by atoms with Crippen LogP contribution in [0.5, 0.6) is 5.75 Å². The van der Waals surface area contributed by atoms with Crippen molar-refractivity contribution in [2.24, 2.45) is 0 Å². The van der Waals surface area contributed by atoms with Gasteiger partial charge in [0, 0.05) is 0 Å². The van der Waals surface area contributed by atoms with E-state index in [1.54, 1.807) is 13.4 Å². The van der Waals surface area contributed by atoms with E-state index in [4.69, 9.17) is 4.74 Å². The monoisotopic (exact) mass is 462 g/mol. The Labute approximate surface area is 127 Å². The standard InChI is InChI=1S/C7H7O.C5H4N4S.Hg/c1-8-7-5-3-2-4-6-7;10-5-3-4(7-1-6-3)8-2-9-5;/h3-6H,1H3;1-2H,(H2,6,7,8,9,10);/q;;+1/p+1. The molecule has 0 saturated carbocycles. The summed E-state index contributed by atoms with van der Waals surface area (Å²) in [6.45, 7) is 0. The Bertz CT molecular complexity index is 765. The van der Waals surface area contributed by atoms with E-state index in [1.165, 1.54) is 3.07 Å². The number of rotatable bonds is 3. The molecule has 0 saturated heterocycles. The summed E-state index contributed by atoms with van der Waals surface area (Å²) in [5.74, 6) is 0.894. The van der Waals surface area contributed by atoms with Crippen molar-refractivity contribution in [3.8, 4) is 5.75 Å². The van der Waals surface area contributed by atoms with Gasteiger partial charge < -0.3 is 0 Å². The first-order chi connectivity index (χ1) is 9.28. The van der Waals surface area contributed by atoms with Crippen LogP contribution in [0.1, 0.15) is 0 Å². The molecule has 0 atom stereocenters. The second-order valence-corrected chi connectivity index (χ2v) is 11.7. The third-order valence-electron chi connectivity index (χ3n) is 3.00. The molecule has 92 valence electrons. The fourth-order valence-electron chi connectivity index (χ4n) is 2.03. The first kappa shape index (κ1) is 12.7. The average Bonchev–Trinajstić information content (AvgIpc) is 2.84. The summed E-state index contributed by atoms with van der Waals surface area (Å²) in [6, 6.07) is 8.31. The number of aromatic nitrogens is 4. The Morgan fingerprint density at radius 3 is 2.79 bits per heavy atom. The molecule has 2 aromatic heterocycles. The van der Waals surface area contributed by atoms with Crippen molar-refractivity contribution in [3.63, 3.8) is 0 Å². The van der Waals surface area contributed by atoms with Crippen molar-refractivity contribution >= 4 is 26.5 Å². The molecule has 0 aliphatic heterocycles. The maximum atomic E-state index is 5.18. The number of fused-ring (bicyclic) bond motifs is 1. The molecule has 0 fully saturated rings. The van der Waals surface area contributed by atoms with Gasteiger partial charge in [0.1, 0.15) is 0 Å². The fraction of sp³-hybridized carbons (Fsp3) is 0.0833. The summed E-state index contributed by atoms with van der Waals surface area (Å²) >= 11 is 2.99. The predicted octanol–water partition coefficient (Wildman–Crippen LogP) is 0.169. The third kappa shape index (κ3) is 2.55. The van der Waals surface area contributed by atoms with Gasteiger partial charge in [0.05, 0.1) is 0 Å². The molecule has 0 spiro atoms. The topological polar surface area (TPSA) is 57.6 Å². The summed E-state index contributed by atoms with van der Waals surface area (Å²) in [4.78, 5) is 10.5. The van der Waals surface area contributed by atoms with E-state index < -0.39 is 24.9 Å². The van der Waals surface area contributed by atoms with Crippen LogP contribution in [0.25, 0.3) is 11.2 Å². The van der Waals surface area contributed by atoms with Crippen LogP contribution in [-0.2, 0) is 37.1 Å². The van der Waals surface area contributed by atoms with E-state index in [2.05, 4.69) is 41.6 Å². The second kappa shape index (κ2) is 5.38. The van der Waals surface area contributed by atoms with Gasteiger partial charge in [-0.2, -0.15) is 0 Å². The average molecular weight is 461 g/mol. The molecule has 7 heteroatoms. The number of hydrogen-bond acceptors (Lipinski definition) is 2. The Morgan fingerprint density at radius 1 is 1.26 bits per heavy atom. The van der Waals surface area contributed by atoms with Crippen LogP contribution in [0.2, 0.25) is 0 Å². The summed E-state index contributed by atoms with van der Waals surface area (Å²) in [5.41, 5.74) is 1.93. The molecule has 0 unspecified atom stereocenters. The minimum absolute atomic E-state index is 0.847. The zero-order chi connectivity index (χ0) is 13.2. The van der Waals surface area contributed by atoms with E-state index in [1.807, 2.05) is 18.5 Å². The first-order valence-corrected chi connectivity index (χ1v) is 11.5. The fourth-order valence-corrected chi connectivity index (χ4v) is 8.63. The minimum atomic E-state index is -1.47. The molecule has 0 bridgehead atoms. The molecule has 0 radical (unpaired) electrons. The van der Waals surface area contributed by atoms with Crippen molar-refractivity contribution in [1.82, 2.24) is 15.0 Å². The van der Waals surface area contributed by atoms with Crippen molar-refractivity contribution in [2.45, 2.75) is 0 Å². The Kier molecular flexibility index (Phi) is 3.61. The van der Waals surface area contributed by atoms with Gasteiger partial charge in [0.25, 0.3) is 0 Å². The molecule has 0 amide bonds. The zero-order valence-electron chi connectivity index (χ0n) is 10.4. The van der Waals surface area contributed by atoms with Crippen LogP contribution in [0, 0.1) is 4.64 Å². The molecule has 0 aliphatic rings. The van der Waals surface area contributed by atoms with Gasteiger partial charge in [0.2, 0.25) is 0 Å². The number of benzene rings is 1. The number of nitrogens with zero attached hydrogens (tertiary/aromatic N) is 2. The van der Waals surface area contributed by atoms with E-state index in [9.17, 15) is 0 Å². The number of H-pyrrole nitrogens is 2. The SMILES string of the molecule is COc1cc[c]([Hg][n+]2c[nH]c3nc[nH]c(=[SH+])c32)cc1. The molecule has 3 rings (SSSR count). The van der Waals surface area contributed by atoms with Crippen LogP contribution < -0.4 is 10.1 Å². The summed E-state index contributed by atoms with van der Waals surface area (Å²) in [7, 11) is 1.68. The molecule has 5 nitrogen and oxygen atoms in total. The van der Waals surface area contributed by atoms with E-state index in [-0.39, 0.29) is 0 Å². The predicted molar refractivity (Wildman–Crippen MR) is 70.7 cm³/mol. The van der Waals surface area contributed by atoms with Crippen LogP contribution >= 0.6 is 0 Å². The summed E-state index contributed by atoms with van der Waals surface area (Å²) < 4.78 is 9.73. The number of nitrogens with one attached hydrogen (secondary N) is 2. The van der Waals surface area contributed by atoms with Crippen molar-refractivity contribution < 1.29 is 31.9 Å². The number of ether oxygens (including phenoxy) is 1. The van der Waals surface area contributed by atoms with Gasteiger partial charge in [-0.3, -0.25) is 0 Å². The van der Waals surface area contributed by atoms with Crippen LogP contribution in [-0.4, -0.2) is 22.1 Å². The van der Waals surface area contributed by atoms with E-state index >= 15 is 0 Å². The van der Waals surface area contributed by atoms with E-state index in [0.717, 1.165) is 21.6 Å². The number of imidazole rings is 1. The van der Waals surface area contributed by atoms with Crippen molar-refractivity contribution in [3.05, 3.63) is 41.6 Å². The van der Waals surface area contributed by atoms with Crippen molar-refractivity contribution in [2.75, 3.05) is 7.11 Å². The van der Waals surface area contributed by atoms with Crippen molar-refractivity contribution in [1.29, 1.82) is 0 Å². The molecule has 1 aromatic carbocycles. The van der Waals surface area contributed by atoms with Crippen LogP contribution in [0.3, 0.4) is 0 Å². The Hall–Kier alpha value is -1.27. The normalized spacial score (nSPS) is 10.4. The quantitative estimate of drug-likeness (QED) is 0.253. The Balaban J connectivity index is 1.98. The summed E-state index contributed by atoms with van der Waals surface area (Å²) in [5, 5.41) is 0. The Morgan fingerprint density at radius 2 is 2.05 bits per heavy atom. The number of hydrogen-bond donors (Lipinski definition) is 2. The molecule has 2 heterocycles. The third-order valence-corrected chi connectivity index (χ3v) is 9.86. The zero-order valence-corrected chi connectivity index (χ0v) is 16.8. The molecular weight excluding hydrogens is 449 g/mol. The molecule has 19 heavy (non-hydrogen) atoms. The van der Waals surface area contributed by atoms with Crippen LogP contribution in [0.15, 0.2) is 36.9 Å². The van der Waals surface area contributed by atoms with E-state index in [0.29, 0.717) is 0 Å². The van der Waals surface area contributed by atoms with Crippen LogP contribution in [0.4, 0.5) is 0 Å². The molecule has 0 aliphatic carbocycles. The summed E-state index contributed by atoms with van der Waals surface area (Å²) in [6.07, 6.45) is 3.65. The number of methoxy groups -OCH3 is 1. The molecular formula is C12H12HgN4OS+2. The maximum absolute atomic E-state index is 5.18. The molecule has 2 N–H and O–H groups in total. The number of thiol groups is 1. The number of aromatic amines is 2. The van der Waals surface area contributed by atoms with Gasteiger partial charge in [-0.15, -0.1) is 0 Å². The van der Waals surface area contributed by atoms with Gasteiger partial charge in [-0.05, 0) is 0 Å².